The summed E-state index contributed by atoms with van der Waals surface area (Å²) in [5, 5.41) is 11.5. The number of thioether (sulfide) groups is 1. The lowest BCUT2D eigenvalue weighted by Crippen LogP contribution is -2.15. The van der Waals surface area contributed by atoms with Crippen molar-refractivity contribution in [3.63, 3.8) is 0 Å². The van der Waals surface area contributed by atoms with Crippen molar-refractivity contribution in [3.8, 4) is 17.6 Å². The Hall–Kier alpha value is -2.65. The van der Waals surface area contributed by atoms with Crippen molar-refractivity contribution in [1.29, 1.82) is 5.26 Å². The highest BCUT2D eigenvalue weighted by molar-refractivity contribution is 7.99. The molecule has 0 fully saturated rings. The molecule has 2 rings (SSSR count). The highest BCUT2D eigenvalue weighted by atomic mass is 32.2. The molecule has 2 aromatic carbocycles. The maximum Gasteiger partial charge on any atom is 0.234 e. The van der Waals surface area contributed by atoms with E-state index in [1.165, 1.54) is 11.8 Å². The molecule has 2 aromatic rings. The fourth-order valence-electron chi connectivity index (χ4n) is 2.06. The Labute approximate surface area is 158 Å². The first-order valence-corrected chi connectivity index (χ1v) is 9.60. The lowest BCUT2D eigenvalue weighted by Gasteiger charge is -2.08. The SMILES string of the molecule is CCCOc1ccc(OCCSCC(=O)Nc2ccc(C#N)cc2)cc1. The lowest BCUT2D eigenvalue weighted by atomic mass is 10.2. The lowest BCUT2D eigenvalue weighted by molar-refractivity contribution is -0.113. The average Bonchev–Trinajstić information content (AvgIpc) is 2.67. The summed E-state index contributed by atoms with van der Waals surface area (Å²) in [7, 11) is 0. The fraction of sp³-hybridized carbons (Fsp3) is 0.300. The van der Waals surface area contributed by atoms with Gasteiger partial charge >= 0.3 is 0 Å². The molecule has 0 radical (unpaired) electrons. The Kier molecular flexibility index (Phi) is 8.37. The van der Waals surface area contributed by atoms with Gasteiger partial charge in [-0.2, -0.15) is 5.26 Å². The van der Waals surface area contributed by atoms with Gasteiger partial charge in [0.25, 0.3) is 0 Å². The highest BCUT2D eigenvalue weighted by Gasteiger charge is 2.03. The number of amides is 1. The predicted octanol–water partition coefficient (Wildman–Crippen LogP) is 4.10. The molecular formula is C20H22N2O3S. The van der Waals surface area contributed by atoms with Crippen LogP contribution in [0.25, 0.3) is 0 Å². The van der Waals surface area contributed by atoms with Crippen LogP contribution < -0.4 is 14.8 Å². The molecule has 1 amide bonds. The minimum Gasteiger partial charge on any atom is -0.494 e. The second kappa shape index (κ2) is 11.1. The number of anilines is 1. The molecule has 0 atom stereocenters. The molecule has 0 saturated carbocycles. The fourth-order valence-corrected chi connectivity index (χ4v) is 2.66. The number of benzene rings is 2. The van der Waals surface area contributed by atoms with Gasteiger partial charge in [-0.05, 0) is 55.0 Å². The third kappa shape index (κ3) is 7.08. The molecule has 0 aliphatic heterocycles. The molecular weight excluding hydrogens is 348 g/mol. The number of carbonyl (C=O) groups is 1. The van der Waals surface area contributed by atoms with Crippen LogP contribution in [0.1, 0.15) is 18.9 Å². The van der Waals surface area contributed by atoms with E-state index in [1.54, 1.807) is 24.3 Å². The second-order valence-electron chi connectivity index (χ2n) is 5.46. The maximum absolute atomic E-state index is 11.9. The van der Waals surface area contributed by atoms with E-state index in [0.717, 1.165) is 23.7 Å². The van der Waals surface area contributed by atoms with Gasteiger partial charge < -0.3 is 14.8 Å². The first-order valence-electron chi connectivity index (χ1n) is 8.44. The molecule has 5 nitrogen and oxygen atoms in total. The molecule has 0 heterocycles. The topological polar surface area (TPSA) is 71.3 Å². The number of carbonyl (C=O) groups excluding carboxylic acids is 1. The van der Waals surface area contributed by atoms with Crippen molar-refractivity contribution in [2.45, 2.75) is 13.3 Å². The van der Waals surface area contributed by atoms with E-state index in [0.29, 0.717) is 30.2 Å². The van der Waals surface area contributed by atoms with Gasteiger partial charge in [-0.1, -0.05) is 6.92 Å². The zero-order chi connectivity index (χ0) is 18.6. The van der Waals surface area contributed by atoms with E-state index in [4.69, 9.17) is 14.7 Å². The Balaban J connectivity index is 1.60. The molecule has 6 heteroatoms. The molecule has 0 spiro atoms. The van der Waals surface area contributed by atoms with Crippen LogP contribution >= 0.6 is 11.8 Å². The summed E-state index contributed by atoms with van der Waals surface area (Å²) in [5.74, 6) is 2.63. The molecule has 0 aromatic heterocycles. The zero-order valence-corrected chi connectivity index (χ0v) is 15.6. The zero-order valence-electron chi connectivity index (χ0n) is 14.7. The largest absolute Gasteiger partial charge is 0.494 e. The first-order chi connectivity index (χ1) is 12.7. The average molecular weight is 370 g/mol. The van der Waals surface area contributed by atoms with Gasteiger partial charge in [0.1, 0.15) is 11.5 Å². The Morgan fingerprint density at radius 3 is 2.23 bits per heavy atom. The molecule has 0 unspecified atom stereocenters. The van der Waals surface area contributed by atoms with Crippen LogP contribution in [0.15, 0.2) is 48.5 Å². The van der Waals surface area contributed by atoms with Crippen LogP contribution in [-0.4, -0.2) is 30.6 Å². The maximum atomic E-state index is 11.9. The van der Waals surface area contributed by atoms with E-state index in [2.05, 4.69) is 12.2 Å². The van der Waals surface area contributed by atoms with Gasteiger partial charge in [0.05, 0.1) is 30.6 Å². The number of hydrogen-bond donors (Lipinski definition) is 1. The van der Waals surface area contributed by atoms with Crippen molar-refractivity contribution in [3.05, 3.63) is 54.1 Å². The van der Waals surface area contributed by atoms with Crippen LogP contribution in [0.4, 0.5) is 5.69 Å². The van der Waals surface area contributed by atoms with E-state index in [-0.39, 0.29) is 5.91 Å². The summed E-state index contributed by atoms with van der Waals surface area (Å²) in [6.07, 6.45) is 0.980. The third-order valence-electron chi connectivity index (χ3n) is 3.32. The van der Waals surface area contributed by atoms with E-state index in [1.807, 2.05) is 30.3 Å². The predicted molar refractivity (Wildman–Crippen MR) is 105 cm³/mol. The molecule has 0 bridgehead atoms. The van der Waals surface area contributed by atoms with Gasteiger partial charge in [0.15, 0.2) is 0 Å². The summed E-state index contributed by atoms with van der Waals surface area (Å²) in [6.45, 7) is 3.31. The normalized spacial score (nSPS) is 10.0. The van der Waals surface area contributed by atoms with Crippen LogP contribution in [0.5, 0.6) is 11.5 Å². The van der Waals surface area contributed by atoms with Crippen molar-refractivity contribution < 1.29 is 14.3 Å². The van der Waals surface area contributed by atoms with E-state index >= 15 is 0 Å². The van der Waals surface area contributed by atoms with Crippen molar-refractivity contribution >= 4 is 23.4 Å². The van der Waals surface area contributed by atoms with Gasteiger partial charge in [0.2, 0.25) is 5.91 Å². The summed E-state index contributed by atoms with van der Waals surface area (Å²) in [4.78, 5) is 11.9. The van der Waals surface area contributed by atoms with Gasteiger partial charge in [-0.25, -0.2) is 0 Å². The highest BCUT2D eigenvalue weighted by Crippen LogP contribution is 2.18. The minimum absolute atomic E-state index is 0.0721. The number of hydrogen-bond acceptors (Lipinski definition) is 5. The minimum atomic E-state index is -0.0721. The van der Waals surface area contributed by atoms with Crippen molar-refractivity contribution in [2.75, 3.05) is 30.0 Å². The third-order valence-corrected chi connectivity index (χ3v) is 4.25. The van der Waals surface area contributed by atoms with Crippen molar-refractivity contribution in [2.24, 2.45) is 0 Å². The molecule has 26 heavy (non-hydrogen) atoms. The number of ether oxygens (including phenoxy) is 2. The number of nitriles is 1. The molecule has 1 N–H and O–H groups in total. The molecule has 0 aliphatic rings. The number of nitrogens with zero attached hydrogens (tertiary/aromatic N) is 1. The summed E-state index contributed by atoms with van der Waals surface area (Å²) >= 11 is 1.51. The Morgan fingerprint density at radius 1 is 1.04 bits per heavy atom. The summed E-state index contributed by atoms with van der Waals surface area (Å²) in [6, 6.07) is 16.4. The first kappa shape index (κ1) is 19.7. The number of rotatable bonds is 10. The van der Waals surface area contributed by atoms with Crippen LogP contribution in [-0.2, 0) is 4.79 Å². The number of nitrogens with one attached hydrogen (secondary N) is 1. The summed E-state index contributed by atoms with van der Waals surface area (Å²) < 4.78 is 11.2. The Morgan fingerprint density at radius 2 is 1.65 bits per heavy atom. The molecule has 0 aliphatic carbocycles. The van der Waals surface area contributed by atoms with Gasteiger partial charge in [-0.3, -0.25) is 4.79 Å². The van der Waals surface area contributed by atoms with E-state index in [9.17, 15) is 4.79 Å². The van der Waals surface area contributed by atoms with Crippen LogP contribution in [0.2, 0.25) is 0 Å². The monoisotopic (exact) mass is 370 g/mol. The molecule has 136 valence electrons. The van der Waals surface area contributed by atoms with Crippen LogP contribution in [0.3, 0.4) is 0 Å². The van der Waals surface area contributed by atoms with Crippen molar-refractivity contribution in [1.82, 2.24) is 0 Å². The van der Waals surface area contributed by atoms with E-state index < -0.39 is 0 Å². The van der Waals surface area contributed by atoms with Gasteiger partial charge in [0, 0.05) is 11.4 Å². The quantitative estimate of drug-likeness (QED) is 0.638. The summed E-state index contributed by atoms with van der Waals surface area (Å²) in [5.41, 5.74) is 1.26. The molecule has 0 saturated heterocycles. The Bertz CT molecular complexity index is 724. The standard InChI is InChI=1S/C20H22N2O3S/c1-2-11-24-18-7-9-19(10-8-18)25-12-13-26-15-20(23)22-17-5-3-16(14-21)4-6-17/h3-10H,2,11-13,15H2,1H3,(H,22,23). The van der Waals surface area contributed by atoms with Gasteiger partial charge in [-0.15, -0.1) is 11.8 Å². The smallest absolute Gasteiger partial charge is 0.234 e. The van der Waals surface area contributed by atoms with Crippen LogP contribution in [0, 0.1) is 11.3 Å². The second-order valence-corrected chi connectivity index (χ2v) is 6.56.